The lowest BCUT2D eigenvalue weighted by atomic mass is 10.0. The average Bonchev–Trinajstić information content (AvgIpc) is 2.75. The van der Waals surface area contributed by atoms with Gasteiger partial charge in [0.05, 0.1) is 11.4 Å². The molecule has 31 heavy (non-hydrogen) atoms. The van der Waals surface area contributed by atoms with Crippen molar-refractivity contribution in [1.29, 1.82) is 0 Å². The van der Waals surface area contributed by atoms with Crippen molar-refractivity contribution in [1.82, 2.24) is 9.80 Å². The summed E-state index contributed by atoms with van der Waals surface area (Å²) in [7, 11) is 0. The summed E-state index contributed by atoms with van der Waals surface area (Å²) in [5.41, 5.74) is 3.24. The minimum absolute atomic E-state index is 0.134. The fourth-order valence-electron chi connectivity index (χ4n) is 4.32. The molecule has 2 aromatic carbocycles. The van der Waals surface area contributed by atoms with E-state index < -0.39 is 0 Å². The average molecular weight is 421 g/mol. The molecule has 0 aromatic heterocycles. The number of anilines is 1. The molecule has 1 unspecified atom stereocenters. The minimum atomic E-state index is -0.307. The normalized spacial score (nSPS) is 17.1. The summed E-state index contributed by atoms with van der Waals surface area (Å²) in [6.07, 6.45) is 3.59. The third-order valence-electron chi connectivity index (χ3n) is 6.13. The third kappa shape index (κ3) is 4.39. The molecule has 1 amide bonds. The second-order valence-electron chi connectivity index (χ2n) is 7.84. The molecule has 1 saturated heterocycles. The highest BCUT2D eigenvalue weighted by Gasteiger charge is 2.33. The molecular weight excluding hydrogens is 391 g/mol. The Morgan fingerprint density at radius 1 is 1.06 bits per heavy atom. The molecule has 162 valence electrons. The Morgan fingerprint density at radius 3 is 2.29 bits per heavy atom. The number of rotatable bonds is 7. The molecular formula is C25H29FN4O. The van der Waals surface area contributed by atoms with Gasteiger partial charge in [-0.3, -0.25) is 14.7 Å². The lowest BCUT2D eigenvalue weighted by Crippen LogP contribution is -2.51. The van der Waals surface area contributed by atoms with Gasteiger partial charge >= 0.3 is 0 Å². The molecule has 1 atom stereocenters. The summed E-state index contributed by atoms with van der Waals surface area (Å²) in [5.74, 6) is -0.0951. The van der Waals surface area contributed by atoms with Gasteiger partial charge in [0, 0.05) is 51.0 Å². The number of aliphatic imine (C=N–C) groups is 1. The van der Waals surface area contributed by atoms with Crippen LogP contribution in [-0.2, 0) is 4.79 Å². The number of halogens is 1. The second-order valence-corrected chi connectivity index (χ2v) is 7.84. The van der Waals surface area contributed by atoms with E-state index in [4.69, 9.17) is 0 Å². The van der Waals surface area contributed by atoms with Gasteiger partial charge in [-0.1, -0.05) is 36.4 Å². The standard InChI is InChI=1S/C25H29FN4O/c1-3-28(4-2)25(31)24(19-8-6-5-7-9-19)30-16-14-29(15-17-30)23-11-10-20(18-21(23)26)22-12-13-27-22/h5-13,18,24H,3-4,14-17H2,1-2H3. The Bertz CT molecular complexity index is 976. The smallest absolute Gasteiger partial charge is 0.244 e. The largest absolute Gasteiger partial charge is 0.367 e. The van der Waals surface area contributed by atoms with Gasteiger partial charge < -0.3 is 9.80 Å². The summed E-state index contributed by atoms with van der Waals surface area (Å²) in [6, 6.07) is 15.0. The number of carbonyl (C=O) groups is 1. The van der Waals surface area contributed by atoms with Crippen LogP contribution in [0.4, 0.5) is 10.1 Å². The Kier molecular flexibility index (Phi) is 6.47. The summed E-state index contributed by atoms with van der Waals surface area (Å²) in [4.78, 5) is 23.7. The van der Waals surface area contributed by atoms with E-state index in [1.807, 2.05) is 67.3 Å². The first kappa shape index (κ1) is 21.2. The highest BCUT2D eigenvalue weighted by molar-refractivity contribution is 5.96. The SMILES string of the molecule is CCN(CC)C(=O)C(c1ccccc1)N1CCN(c2ccc(C3=CC=N3)cc2F)CC1. The molecule has 4 rings (SSSR count). The van der Waals surface area contributed by atoms with E-state index in [2.05, 4.69) is 14.8 Å². The van der Waals surface area contributed by atoms with Crippen molar-refractivity contribution in [2.75, 3.05) is 44.2 Å². The maximum Gasteiger partial charge on any atom is 0.244 e. The highest BCUT2D eigenvalue weighted by atomic mass is 19.1. The number of benzene rings is 2. The van der Waals surface area contributed by atoms with Crippen LogP contribution >= 0.6 is 0 Å². The van der Waals surface area contributed by atoms with Crippen LogP contribution in [0.1, 0.15) is 31.0 Å². The Morgan fingerprint density at radius 2 is 1.74 bits per heavy atom. The van der Waals surface area contributed by atoms with E-state index in [0.717, 1.165) is 16.8 Å². The molecule has 1 fully saturated rings. The fourth-order valence-corrected chi connectivity index (χ4v) is 4.32. The zero-order chi connectivity index (χ0) is 21.8. The summed E-state index contributed by atoms with van der Waals surface area (Å²) < 4.78 is 14.8. The molecule has 2 aliphatic rings. The number of hydrogen-bond donors (Lipinski definition) is 0. The van der Waals surface area contributed by atoms with Gasteiger partial charge in [-0.15, -0.1) is 0 Å². The quantitative estimate of drug-likeness (QED) is 0.680. The van der Waals surface area contributed by atoms with Gasteiger partial charge in [0.1, 0.15) is 11.9 Å². The van der Waals surface area contributed by atoms with Gasteiger partial charge in [-0.05, 0) is 37.6 Å². The minimum Gasteiger partial charge on any atom is -0.367 e. The number of likely N-dealkylation sites (N-methyl/N-ethyl adjacent to an activating group) is 1. The van der Waals surface area contributed by atoms with Crippen molar-refractivity contribution >= 4 is 23.5 Å². The van der Waals surface area contributed by atoms with Crippen LogP contribution in [0.2, 0.25) is 0 Å². The van der Waals surface area contributed by atoms with Crippen LogP contribution in [-0.4, -0.2) is 61.2 Å². The zero-order valence-corrected chi connectivity index (χ0v) is 18.2. The van der Waals surface area contributed by atoms with Crippen LogP contribution < -0.4 is 4.90 Å². The van der Waals surface area contributed by atoms with E-state index in [0.29, 0.717) is 45.0 Å². The number of carbonyl (C=O) groups excluding carboxylic acids is 1. The van der Waals surface area contributed by atoms with Crippen LogP contribution in [0.15, 0.2) is 59.6 Å². The molecule has 2 aliphatic heterocycles. The van der Waals surface area contributed by atoms with Crippen LogP contribution in [0.5, 0.6) is 0 Å². The number of hydrogen-bond acceptors (Lipinski definition) is 4. The van der Waals surface area contributed by atoms with Crippen molar-refractivity contribution in [3.05, 3.63) is 71.6 Å². The van der Waals surface area contributed by atoms with E-state index in [1.54, 1.807) is 12.3 Å². The summed E-state index contributed by atoms with van der Waals surface area (Å²) in [5, 5.41) is 0. The fraction of sp³-hybridized carbons (Fsp3) is 0.360. The number of allylic oxidation sites excluding steroid dienone is 1. The van der Waals surface area contributed by atoms with Gasteiger partial charge in [0.2, 0.25) is 5.91 Å². The first-order valence-corrected chi connectivity index (χ1v) is 11.0. The van der Waals surface area contributed by atoms with Crippen molar-refractivity contribution in [2.24, 2.45) is 4.99 Å². The Balaban J connectivity index is 1.49. The molecule has 2 heterocycles. The number of piperazine rings is 1. The van der Waals surface area contributed by atoms with Gasteiger partial charge in [0.25, 0.3) is 0 Å². The molecule has 5 nitrogen and oxygen atoms in total. The molecule has 0 aliphatic carbocycles. The molecule has 0 saturated carbocycles. The van der Waals surface area contributed by atoms with E-state index in [1.165, 1.54) is 0 Å². The molecule has 2 aromatic rings. The predicted octanol–water partition coefficient (Wildman–Crippen LogP) is 3.98. The van der Waals surface area contributed by atoms with E-state index >= 15 is 0 Å². The number of nitrogens with zero attached hydrogens (tertiary/aromatic N) is 4. The zero-order valence-electron chi connectivity index (χ0n) is 18.2. The van der Waals surface area contributed by atoms with Gasteiger partial charge in [-0.2, -0.15) is 0 Å². The monoisotopic (exact) mass is 420 g/mol. The van der Waals surface area contributed by atoms with Gasteiger partial charge in [-0.25, -0.2) is 4.39 Å². The molecule has 0 spiro atoms. The molecule has 6 heteroatoms. The lowest BCUT2D eigenvalue weighted by molar-refractivity contribution is -0.137. The first-order valence-electron chi connectivity index (χ1n) is 11.0. The van der Waals surface area contributed by atoms with Crippen molar-refractivity contribution < 1.29 is 9.18 Å². The van der Waals surface area contributed by atoms with Crippen molar-refractivity contribution in [2.45, 2.75) is 19.9 Å². The summed E-state index contributed by atoms with van der Waals surface area (Å²) >= 11 is 0. The lowest BCUT2D eigenvalue weighted by Gasteiger charge is -2.41. The topological polar surface area (TPSA) is 39.2 Å². The second kappa shape index (κ2) is 9.43. The third-order valence-corrected chi connectivity index (χ3v) is 6.13. The Hall–Kier alpha value is -2.99. The Labute approximate surface area is 183 Å². The summed E-state index contributed by atoms with van der Waals surface area (Å²) in [6.45, 7) is 8.15. The van der Waals surface area contributed by atoms with Crippen LogP contribution in [0.3, 0.4) is 0 Å². The molecule has 0 N–H and O–H groups in total. The predicted molar refractivity (Wildman–Crippen MR) is 124 cm³/mol. The number of amides is 1. The van der Waals surface area contributed by atoms with E-state index in [9.17, 15) is 9.18 Å². The van der Waals surface area contributed by atoms with E-state index in [-0.39, 0.29) is 17.8 Å². The maximum atomic E-state index is 14.8. The van der Waals surface area contributed by atoms with Crippen molar-refractivity contribution in [3.63, 3.8) is 0 Å². The first-order chi connectivity index (χ1) is 15.1. The van der Waals surface area contributed by atoms with Crippen molar-refractivity contribution in [3.8, 4) is 0 Å². The van der Waals surface area contributed by atoms with Crippen LogP contribution in [0.25, 0.3) is 5.70 Å². The molecule has 0 radical (unpaired) electrons. The molecule has 0 bridgehead atoms. The van der Waals surface area contributed by atoms with Crippen LogP contribution in [0, 0.1) is 5.82 Å². The maximum absolute atomic E-state index is 14.8. The van der Waals surface area contributed by atoms with Gasteiger partial charge in [0.15, 0.2) is 0 Å². The highest BCUT2D eigenvalue weighted by Crippen LogP contribution is 2.29.